The van der Waals surface area contributed by atoms with Crippen molar-refractivity contribution in [2.75, 3.05) is 0 Å². The smallest absolute Gasteiger partial charge is 0.176 e. The van der Waals surface area contributed by atoms with Gasteiger partial charge in [-0.1, -0.05) is 11.3 Å². The van der Waals surface area contributed by atoms with Crippen LogP contribution in [-0.2, 0) is 6.54 Å². The molecule has 0 atom stereocenters. The number of aryl methyl sites for hydroxylation is 1. The molecule has 1 N–H and O–H groups in total. The predicted molar refractivity (Wildman–Crippen MR) is 54.2 cm³/mol. The van der Waals surface area contributed by atoms with Crippen molar-refractivity contribution in [2.24, 2.45) is 0 Å². The van der Waals surface area contributed by atoms with Crippen molar-refractivity contribution in [2.45, 2.75) is 13.5 Å². The molecule has 0 saturated carbocycles. The van der Waals surface area contributed by atoms with Crippen LogP contribution in [0.4, 0.5) is 0 Å². The van der Waals surface area contributed by atoms with Crippen LogP contribution < -0.4 is 0 Å². The number of hydrogen-bond acceptors (Lipinski definition) is 4. The van der Waals surface area contributed by atoms with Crippen molar-refractivity contribution in [1.29, 1.82) is 0 Å². The largest absolute Gasteiger partial charge is 0.272 e. The summed E-state index contributed by atoms with van der Waals surface area (Å²) in [5.74, 6) is 0. The fourth-order valence-corrected chi connectivity index (χ4v) is 1.85. The van der Waals surface area contributed by atoms with Crippen LogP contribution in [0, 0.1) is 3.95 Å². The quantitative estimate of drug-likeness (QED) is 0.775. The van der Waals surface area contributed by atoms with Gasteiger partial charge in [0.05, 0.1) is 0 Å². The number of nitrogens with zero attached hydrogens (tertiary/aromatic N) is 3. The van der Waals surface area contributed by atoms with Crippen molar-refractivity contribution in [3.63, 3.8) is 0 Å². The maximum atomic E-state index is 4.93. The van der Waals surface area contributed by atoms with Gasteiger partial charge in [-0.2, -0.15) is 10.2 Å². The van der Waals surface area contributed by atoms with Crippen molar-refractivity contribution in [1.82, 2.24) is 20.0 Å². The minimum atomic E-state index is 0.682. The predicted octanol–water partition coefficient (Wildman–Crippen LogP) is 2.08. The summed E-state index contributed by atoms with van der Waals surface area (Å²) < 4.78 is 2.54. The van der Waals surface area contributed by atoms with Crippen LogP contribution in [0.5, 0.6) is 0 Å². The third-order valence-electron chi connectivity index (χ3n) is 1.62. The molecule has 0 aromatic carbocycles. The van der Waals surface area contributed by atoms with E-state index >= 15 is 0 Å². The SMILES string of the molecule is CCn1ccc(-c2n[nH]c(=S)s2)n1. The maximum Gasteiger partial charge on any atom is 0.176 e. The Balaban J connectivity index is 2.40. The van der Waals surface area contributed by atoms with E-state index in [9.17, 15) is 0 Å². The summed E-state index contributed by atoms with van der Waals surface area (Å²) in [7, 11) is 0. The van der Waals surface area contributed by atoms with Gasteiger partial charge in [0.25, 0.3) is 0 Å². The zero-order valence-electron chi connectivity index (χ0n) is 7.02. The van der Waals surface area contributed by atoms with Crippen molar-refractivity contribution >= 4 is 23.6 Å². The summed E-state index contributed by atoms with van der Waals surface area (Å²) in [4.78, 5) is 0. The Morgan fingerprint density at radius 1 is 1.69 bits per heavy atom. The molecular formula is C7H8N4S2. The number of H-pyrrole nitrogens is 1. The van der Waals surface area contributed by atoms with Gasteiger partial charge >= 0.3 is 0 Å². The van der Waals surface area contributed by atoms with Gasteiger partial charge in [0.15, 0.2) is 8.96 Å². The number of rotatable bonds is 2. The summed E-state index contributed by atoms with van der Waals surface area (Å²) in [6, 6.07) is 1.94. The zero-order valence-corrected chi connectivity index (χ0v) is 8.65. The third-order valence-corrected chi connectivity index (χ3v) is 2.73. The van der Waals surface area contributed by atoms with Crippen LogP contribution in [0.2, 0.25) is 0 Å². The molecule has 0 fully saturated rings. The van der Waals surface area contributed by atoms with E-state index in [1.54, 1.807) is 0 Å². The van der Waals surface area contributed by atoms with Crippen LogP contribution >= 0.6 is 23.6 Å². The summed E-state index contributed by atoms with van der Waals surface area (Å²) in [6.45, 7) is 2.92. The van der Waals surface area contributed by atoms with E-state index < -0.39 is 0 Å². The highest BCUT2D eigenvalue weighted by atomic mass is 32.1. The molecule has 0 aliphatic rings. The molecule has 0 bridgehead atoms. The first-order valence-corrected chi connectivity index (χ1v) is 5.11. The van der Waals surface area contributed by atoms with Crippen molar-refractivity contribution in [3.8, 4) is 10.7 Å². The molecule has 0 unspecified atom stereocenters. The Kier molecular flexibility index (Phi) is 2.24. The number of hydrogen-bond donors (Lipinski definition) is 1. The normalized spacial score (nSPS) is 10.5. The van der Waals surface area contributed by atoms with Gasteiger partial charge in [-0.05, 0) is 25.2 Å². The van der Waals surface area contributed by atoms with E-state index in [1.807, 2.05) is 23.9 Å². The maximum absolute atomic E-state index is 4.93. The van der Waals surface area contributed by atoms with E-state index in [1.165, 1.54) is 11.3 Å². The summed E-state index contributed by atoms with van der Waals surface area (Å²) in [6.07, 6.45) is 1.93. The lowest BCUT2D eigenvalue weighted by atomic mass is 10.5. The standard InChI is InChI=1S/C7H8N4S2/c1-2-11-4-3-5(10-11)6-8-9-7(12)13-6/h3-4H,2H2,1H3,(H,9,12). The molecule has 4 nitrogen and oxygen atoms in total. The third kappa shape index (κ3) is 1.68. The number of aromatic amines is 1. The monoisotopic (exact) mass is 212 g/mol. The average Bonchev–Trinajstić information content (AvgIpc) is 2.71. The number of nitrogens with one attached hydrogen (secondary N) is 1. The Morgan fingerprint density at radius 3 is 3.08 bits per heavy atom. The second-order valence-corrected chi connectivity index (χ2v) is 4.14. The molecule has 13 heavy (non-hydrogen) atoms. The lowest BCUT2D eigenvalue weighted by Gasteiger charge is -1.90. The lowest BCUT2D eigenvalue weighted by molar-refractivity contribution is 0.662. The van der Waals surface area contributed by atoms with Gasteiger partial charge < -0.3 is 0 Å². The van der Waals surface area contributed by atoms with Crippen LogP contribution in [0.1, 0.15) is 6.92 Å². The molecule has 6 heteroatoms. The molecule has 0 radical (unpaired) electrons. The Bertz CT molecular complexity index is 453. The van der Waals surface area contributed by atoms with Crippen LogP contribution in [0.25, 0.3) is 10.7 Å². The zero-order chi connectivity index (χ0) is 9.26. The Labute approximate surface area is 84.2 Å². The Morgan fingerprint density at radius 2 is 2.54 bits per heavy atom. The second kappa shape index (κ2) is 3.39. The molecule has 0 spiro atoms. The second-order valence-electron chi connectivity index (χ2n) is 2.47. The highest BCUT2D eigenvalue weighted by molar-refractivity contribution is 7.73. The molecule has 0 amide bonds. The van der Waals surface area contributed by atoms with Gasteiger partial charge in [-0.3, -0.25) is 9.78 Å². The van der Waals surface area contributed by atoms with E-state index in [0.717, 1.165) is 17.2 Å². The van der Waals surface area contributed by atoms with Gasteiger partial charge in [-0.25, -0.2) is 0 Å². The minimum absolute atomic E-state index is 0.682. The fourth-order valence-electron chi connectivity index (χ4n) is 0.991. The molecule has 0 saturated heterocycles. The van der Waals surface area contributed by atoms with E-state index in [-0.39, 0.29) is 0 Å². The first kappa shape index (κ1) is 8.58. The number of aromatic nitrogens is 4. The summed E-state index contributed by atoms with van der Waals surface area (Å²) >= 11 is 6.37. The fraction of sp³-hybridized carbons (Fsp3) is 0.286. The van der Waals surface area contributed by atoms with Gasteiger partial charge in [0.1, 0.15) is 5.69 Å². The Hall–Kier alpha value is -1.01. The van der Waals surface area contributed by atoms with Crippen LogP contribution in [0.3, 0.4) is 0 Å². The molecule has 68 valence electrons. The minimum Gasteiger partial charge on any atom is -0.272 e. The van der Waals surface area contributed by atoms with Crippen molar-refractivity contribution < 1.29 is 0 Å². The van der Waals surface area contributed by atoms with E-state index in [4.69, 9.17) is 12.2 Å². The van der Waals surface area contributed by atoms with Gasteiger partial charge in [-0.15, -0.1) is 0 Å². The highest BCUT2D eigenvalue weighted by Crippen LogP contribution is 2.18. The van der Waals surface area contributed by atoms with Gasteiger partial charge in [0, 0.05) is 12.7 Å². The van der Waals surface area contributed by atoms with Crippen molar-refractivity contribution in [3.05, 3.63) is 16.2 Å². The molecule has 0 aliphatic carbocycles. The van der Waals surface area contributed by atoms with E-state index in [2.05, 4.69) is 15.3 Å². The molecule has 2 heterocycles. The lowest BCUT2D eigenvalue weighted by Crippen LogP contribution is -1.93. The topological polar surface area (TPSA) is 46.5 Å². The van der Waals surface area contributed by atoms with Gasteiger partial charge in [0.2, 0.25) is 0 Å². The highest BCUT2D eigenvalue weighted by Gasteiger charge is 2.04. The van der Waals surface area contributed by atoms with E-state index in [0.29, 0.717) is 3.95 Å². The molecule has 2 aromatic heterocycles. The average molecular weight is 212 g/mol. The summed E-state index contributed by atoms with van der Waals surface area (Å²) in [5, 5.41) is 11.9. The first-order valence-electron chi connectivity index (χ1n) is 3.89. The summed E-state index contributed by atoms with van der Waals surface area (Å²) in [5.41, 5.74) is 0.874. The van der Waals surface area contributed by atoms with Crippen LogP contribution in [0.15, 0.2) is 12.3 Å². The molecule has 0 aliphatic heterocycles. The molecule has 2 aromatic rings. The van der Waals surface area contributed by atoms with Crippen LogP contribution in [-0.4, -0.2) is 20.0 Å². The molecule has 2 rings (SSSR count). The molecular weight excluding hydrogens is 204 g/mol. The first-order chi connectivity index (χ1) is 6.29.